The van der Waals surface area contributed by atoms with Crippen molar-refractivity contribution in [2.45, 2.75) is 52.7 Å². The van der Waals surface area contributed by atoms with Crippen molar-refractivity contribution in [2.75, 3.05) is 13.1 Å². The van der Waals surface area contributed by atoms with E-state index < -0.39 is 0 Å². The van der Waals surface area contributed by atoms with E-state index in [1.807, 2.05) is 24.7 Å². The first-order chi connectivity index (χ1) is 8.22. The smallest absolute Gasteiger partial charge is 0.157 e. The summed E-state index contributed by atoms with van der Waals surface area (Å²) in [4.78, 5) is 0. The molecular weight excluding hydrogens is 214 g/mol. The van der Waals surface area contributed by atoms with Gasteiger partial charge in [0.1, 0.15) is 0 Å². The Kier molecular flexibility index (Phi) is 6.70. The second-order valence-electron chi connectivity index (χ2n) is 4.52. The van der Waals surface area contributed by atoms with E-state index >= 15 is 0 Å². The van der Waals surface area contributed by atoms with Gasteiger partial charge in [-0.15, -0.1) is 0 Å². The maximum absolute atomic E-state index is 5.56. The normalized spacial score (nSPS) is 11.1. The molecule has 0 saturated carbocycles. The summed E-state index contributed by atoms with van der Waals surface area (Å²) >= 11 is 0. The van der Waals surface area contributed by atoms with E-state index in [1.54, 1.807) is 6.20 Å². The number of hydrogen-bond donors (Lipinski definition) is 1. The van der Waals surface area contributed by atoms with E-state index in [9.17, 15) is 0 Å². The number of unbranched alkanes of at least 4 members (excludes halogenated alkanes) is 2. The molecule has 1 N–H and O–H groups in total. The van der Waals surface area contributed by atoms with Gasteiger partial charge >= 0.3 is 0 Å². The molecule has 1 aromatic rings. The molecule has 0 aliphatic rings. The lowest BCUT2D eigenvalue weighted by atomic mass is 10.2. The van der Waals surface area contributed by atoms with Gasteiger partial charge in [0, 0.05) is 6.54 Å². The number of nitrogens with zero attached hydrogens (tertiary/aromatic N) is 2. The van der Waals surface area contributed by atoms with Crippen LogP contribution in [-0.2, 0) is 6.54 Å². The molecule has 1 rings (SSSR count). The Balaban J connectivity index is 2.12. The standard InChI is InChI=1S/C13H25N3O/c1-4-14-8-6-5-7-9-16-11-13(10-15-16)17-12(2)3/h10-12,14H,4-9H2,1-3H3. The summed E-state index contributed by atoms with van der Waals surface area (Å²) in [5, 5.41) is 7.61. The number of nitrogens with one attached hydrogen (secondary N) is 1. The van der Waals surface area contributed by atoms with Crippen molar-refractivity contribution in [2.24, 2.45) is 0 Å². The fourth-order valence-electron chi connectivity index (χ4n) is 1.68. The van der Waals surface area contributed by atoms with Crippen LogP contribution >= 0.6 is 0 Å². The van der Waals surface area contributed by atoms with Gasteiger partial charge in [0.2, 0.25) is 0 Å². The molecule has 0 atom stereocenters. The molecule has 0 aliphatic heterocycles. The molecule has 0 aliphatic carbocycles. The van der Waals surface area contributed by atoms with E-state index in [2.05, 4.69) is 17.3 Å². The Bertz CT molecular complexity index is 297. The van der Waals surface area contributed by atoms with Gasteiger partial charge in [-0.05, 0) is 39.8 Å². The highest BCUT2D eigenvalue weighted by Gasteiger charge is 2.01. The summed E-state index contributed by atoms with van der Waals surface area (Å²) in [7, 11) is 0. The van der Waals surface area contributed by atoms with E-state index in [0.717, 1.165) is 25.4 Å². The molecule has 4 heteroatoms. The average Bonchev–Trinajstić information content (AvgIpc) is 2.70. The highest BCUT2D eigenvalue weighted by atomic mass is 16.5. The van der Waals surface area contributed by atoms with Crippen LogP contribution in [0.1, 0.15) is 40.0 Å². The zero-order valence-electron chi connectivity index (χ0n) is 11.3. The van der Waals surface area contributed by atoms with Crippen molar-refractivity contribution in [3.63, 3.8) is 0 Å². The minimum absolute atomic E-state index is 0.216. The second-order valence-corrected chi connectivity index (χ2v) is 4.52. The van der Waals surface area contributed by atoms with Crippen molar-refractivity contribution in [3.8, 4) is 5.75 Å². The van der Waals surface area contributed by atoms with Gasteiger partial charge in [-0.25, -0.2) is 0 Å². The van der Waals surface area contributed by atoms with Gasteiger partial charge in [-0.3, -0.25) is 4.68 Å². The summed E-state index contributed by atoms with van der Waals surface area (Å²) < 4.78 is 7.52. The minimum Gasteiger partial charge on any atom is -0.488 e. The van der Waals surface area contributed by atoms with Crippen LogP contribution in [0.3, 0.4) is 0 Å². The third kappa shape index (κ3) is 6.31. The average molecular weight is 239 g/mol. The van der Waals surface area contributed by atoms with Gasteiger partial charge in [0.15, 0.2) is 5.75 Å². The molecule has 1 heterocycles. The SMILES string of the molecule is CCNCCCCCn1cc(OC(C)C)cn1. The summed E-state index contributed by atoms with van der Waals surface area (Å²) in [6.45, 7) is 9.36. The largest absolute Gasteiger partial charge is 0.488 e. The molecule has 0 aromatic carbocycles. The number of aryl methyl sites for hydroxylation is 1. The lowest BCUT2D eigenvalue weighted by molar-refractivity contribution is 0.242. The Labute approximate surface area is 104 Å². The van der Waals surface area contributed by atoms with Gasteiger partial charge < -0.3 is 10.1 Å². The molecule has 0 spiro atoms. The van der Waals surface area contributed by atoms with Crippen molar-refractivity contribution in [1.82, 2.24) is 15.1 Å². The Morgan fingerprint density at radius 2 is 2.18 bits per heavy atom. The number of ether oxygens (including phenoxy) is 1. The minimum atomic E-state index is 0.216. The Hall–Kier alpha value is -1.03. The molecule has 0 saturated heterocycles. The predicted octanol–water partition coefficient (Wildman–Crippen LogP) is 2.45. The van der Waals surface area contributed by atoms with Crippen LogP contribution in [0.4, 0.5) is 0 Å². The van der Waals surface area contributed by atoms with Gasteiger partial charge in [0.05, 0.1) is 18.5 Å². The molecule has 4 nitrogen and oxygen atoms in total. The van der Waals surface area contributed by atoms with Crippen LogP contribution in [0.25, 0.3) is 0 Å². The molecule has 17 heavy (non-hydrogen) atoms. The predicted molar refractivity (Wildman–Crippen MR) is 70.4 cm³/mol. The zero-order valence-corrected chi connectivity index (χ0v) is 11.3. The van der Waals surface area contributed by atoms with E-state index in [0.29, 0.717) is 0 Å². The number of hydrogen-bond acceptors (Lipinski definition) is 3. The molecule has 0 amide bonds. The second kappa shape index (κ2) is 8.12. The van der Waals surface area contributed by atoms with Crippen LogP contribution in [0, 0.1) is 0 Å². The maximum atomic E-state index is 5.56. The third-order valence-corrected chi connectivity index (χ3v) is 2.47. The number of aromatic nitrogens is 2. The molecular formula is C13H25N3O. The van der Waals surface area contributed by atoms with Crippen LogP contribution in [0.2, 0.25) is 0 Å². The molecule has 0 radical (unpaired) electrons. The monoisotopic (exact) mass is 239 g/mol. The van der Waals surface area contributed by atoms with Crippen LogP contribution in [0.5, 0.6) is 5.75 Å². The van der Waals surface area contributed by atoms with Crippen molar-refractivity contribution in [1.29, 1.82) is 0 Å². The summed E-state index contributed by atoms with van der Waals surface area (Å²) in [6.07, 6.45) is 7.64. The van der Waals surface area contributed by atoms with Crippen molar-refractivity contribution >= 4 is 0 Å². The summed E-state index contributed by atoms with van der Waals surface area (Å²) in [5.41, 5.74) is 0. The fourth-order valence-corrected chi connectivity index (χ4v) is 1.68. The van der Waals surface area contributed by atoms with E-state index in [4.69, 9.17) is 4.74 Å². The number of rotatable bonds is 9. The van der Waals surface area contributed by atoms with Gasteiger partial charge in [-0.1, -0.05) is 13.3 Å². The van der Waals surface area contributed by atoms with Gasteiger partial charge in [-0.2, -0.15) is 5.10 Å². The molecule has 0 bridgehead atoms. The Morgan fingerprint density at radius 3 is 2.88 bits per heavy atom. The first kappa shape index (κ1) is 14.0. The van der Waals surface area contributed by atoms with Crippen LogP contribution in [0.15, 0.2) is 12.4 Å². The van der Waals surface area contributed by atoms with Crippen LogP contribution in [-0.4, -0.2) is 29.0 Å². The highest BCUT2D eigenvalue weighted by molar-refractivity contribution is 5.11. The zero-order chi connectivity index (χ0) is 12.5. The molecule has 0 unspecified atom stereocenters. The first-order valence-corrected chi connectivity index (χ1v) is 6.62. The van der Waals surface area contributed by atoms with E-state index in [1.165, 1.54) is 19.3 Å². The lowest BCUT2D eigenvalue weighted by Gasteiger charge is -2.05. The highest BCUT2D eigenvalue weighted by Crippen LogP contribution is 2.11. The van der Waals surface area contributed by atoms with Crippen molar-refractivity contribution < 1.29 is 4.74 Å². The third-order valence-electron chi connectivity index (χ3n) is 2.47. The Morgan fingerprint density at radius 1 is 1.35 bits per heavy atom. The molecule has 1 aromatic heterocycles. The summed E-state index contributed by atoms with van der Waals surface area (Å²) in [6, 6.07) is 0. The fraction of sp³-hybridized carbons (Fsp3) is 0.769. The van der Waals surface area contributed by atoms with E-state index in [-0.39, 0.29) is 6.10 Å². The molecule has 0 fully saturated rings. The first-order valence-electron chi connectivity index (χ1n) is 6.62. The van der Waals surface area contributed by atoms with Gasteiger partial charge in [0.25, 0.3) is 0 Å². The topological polar surface area (TPSA) is 39.1 Å². The maximum Gasteiger partial charge on any atom is 0.157 e. The lowest BCUT2D eigenvalue weighted by Crippen LogP contribution is -2.13. The summed E-state index contributed by atoms with van der Waals surface area (Å²) in [5.74, 6) is 0.868. The molecule has 98 valence electrons. The quantitative estimate of drug-likeness (QED) is 0.673. The van der Waals surface area contributed by atoms with Crippen molar-refractivity contribution in [3.05, 3.63) is 12.4 Å². The van der Waals surface area contributed by atoms with Crippen LogP contribution < -0.4 is 10.1 Å².